The van der Waals surface area contributed by atoms with Crippen molar-refractivity contribution >= 4 is 6.41 Å². The average Bonchev–Trinajstić information content (AvgIpc) is 2.03. The summed E-state index contributed by atoms with van der Waals surface area (Å²) in [6.45, 7) is 0.520. The molecule has 0 unspecified atom stereocenters. The Kier molecular flexibility index (Phi) is 2.35. The second kappa shape index (κ2) is 3.54. The molecule has 1 N–H and O–H groups in total. The number of nitrogens with one attached hydrogen (secondary N) is 1. The van der Waals surface area contributed by atoms with Gasteiger partial charge in [0.05, 0.1) is 11.3 Å². The van der Waals surface area contributed by atoms with E-state index in [0.29, 0.717) is 6.54 Å². The van der Waals surface area contributed by atoms with E-state index in [-0.39, 0.29) is 0 Å². The first kappa shape index (κ1) is 6.65. The maximum absolute atomic E-state index is 9.73. The second-order valence-electron chi connectivity index (χ2n) is 1.81. The lowest BCUT2D eigenvalue weighted by Gasteiger charge is -1.89. The maximum atomic E-state index is 9.73. The first-order valence-electron chi connectivity index (χ1n) is 2.92. The highest BCUT2D eigenvalue weighted by Gasteiger charge is 1.95. The van der Waals surface area contributed by atoms with E-state index in [9.17, 15) is 4.79 Å². The molecule has 3 heteroatoms. The van der Waals surface area contributed by atoms with Crippen molar-refractivity contribution in [2.75, 3.05) is 0 Å². The molecular weight excluding hydrogens is 128 g/mol. The van der Waals surface area contributed by atoms with E-state index in [1.807, 2.05) is 12.1 Å². The highest BCUT2D eigenvalue weighted by atomic mass is 16.1. The summed E-state index contributed by atoms with van der Waals surface area (Å²) in [7, 11) is 0. The molecule has 0 radical (unpaired) electrons. The SMILES string of the molecule is O=[C+]NCc1ccncc1. The van der Waals surface area contributed by atoms with Gasteiger partial charge in [0.1, 0.15) is 0 Å². The molecule has 0 aliphatic carbocycles. The second-order valence-corrected chi connectivity index (χ2v) is 1.81. The summed E-state index contributed by atoms with van der Waals surface area (Å²) in [5.41, 5.74) is 1.03. The number of pyridine rings is 1. The Morgan fingerprint density at radius 2 is 2.20 bits per heavy atom. The van der Waals surface area contributed by atoms with Crippen LogP contribution < -0.4 is 5.32 Å². The standard InChI is InChI=1S/C7H7N2O/c10-6-9-5-7-1-3-8-4-2-7/h1-4H,5H2,(H,9,10)/q+1. The zero-order chi connectivity index (χ0) is 7.23. The molecule has 0 fully saturated rings. The summed E-state index contributed by atoms with van der Waals surface area (Å²) < 4.78 is 0. The summed E-state index contributed by atoms with van der Waals surface area (Å²) in [5, 5.41) is 2.43. The van der Waals surface area contributed by atoms with Crippen molar-refractivity contribution in [3.05, 3.63) is 30.1 Å². The Hall–Kier alpha value is -1.47. The molecule has 0 bridgehead atoms. The van der Waals surface area contributed by atoms with Gasteiger partial charge in [-0.05, 0) is 17.7 Å². The first-order valence-corrected chi connectivity index (χ1v) is 2.92. The third kappa shape index (κ3) is 1.80. The van der Waals surface area contributed by atoms with Crippen LogP contribution in [0.5, 0.6) is 0 Å². The summed E-state index contributed by atoms with van der Waals surface area (Å²) in [4.78, 5) is 13.6. The molecule has 0 spiro atoms. The van der Waals surface area contributed by atoms with Crippen LogP contribution in [0.3, 0.4) is 0 Å². The highest BCUT2D eigenvalue weighted by molar-refractivity contribution is 5.47. The maximum Gasteiger partial charge on any atom is 0.665 e. The Labute approximate surface area is 59.1 Å². The predicted molar refractivity (Wildman–Crippen MR) is 36.8 cm³/mol. The summed E-state index contributed by atoms with van der Waals surface area (Å²) in [6.07, 6.45) is 4.96. The molecule has 0 saturated heterocycles. The van der Waals surface area contributed by atoms with Crippen LogP contribution in [0.25, 0.3) is 0 Å². The lowest BCUT2D eigenvalue weighted by atomic mass is 10.3. The molecule has 1 aromatic heterocycles. The Morgan fingerprint density at radius 1 is 1.50 bits per heavy atom. The van der Waals surface area contributed by atoms with Gasteiger partial charge in [0, 0.05) is 12.4 Å². The fourth-order valence-electron chi connectivity index (χ4n) is 0.639. The molecule has 0 saturated carbocycles. The Balaban J connectivity index is 2.50. The molecule has 0 aliphatic rings. The first-order chi connectivity index (χ1) is 4.93. The lowest BCUT2D eigenvalue weighted by Crippen LogP contribution is -2.09. The van der Waals surface area contributed by atoms with Crippen LogP contribution in [0.15, 0.2) is 24.5 Å². The third-order valence-electron chi connectivity index (χ3n) is 1.11. The highest BCUT2D eigenvalue weighted by Crippen LogP contribution is 1.93. The minimum atomic E-state index is 0.520. The molecule has 1 rings (SSSR count). The Morgan fingerprint density at radius 3 is 2.80 bits per heavy atom. The molecule has 3 nitrogen and oxygen atoms in total. The fourth-order valence-corrected chi connectivity index (χ4v) is 0.639. The largest absolute Gasteiger partial charge is 0.665 e. The molecule has 1 heterocycles. The van der Waals surface area contributed by atoms with Gasteiger partial charge >= 0.3 is 6.41 Å². The molecule has 1 aromatic rings. The van der Waals surface area contributed by atoms with Crippen LogP contribution in [-0.4, -0.2) is 11.4 Å². The van der Waals surface area contributed by atoms with Crippen LogP contribution in [0.2, 0.25) is 0 Å². The van der Waals surface area contributed by atoms with E-state index in [1.165, 1.54) is 0 Å². The van der Waals surface area contributed by atoms with Gasteiger partial charge in [-0.25, -0.2) is 0 Å². The fraction of sp³-hybridized carbons (Fsp3) is 0.143. The van der Waals surface area contributed by atoms with Crippen molar-refractivity contribution in [2.45, 2.75) is 6.54 Å². The van der Waals surface area contributed by atoms with Gasteiger partial charge in [0.15, 0.2) is 0 Å². The minimum Gasteiger partial charge on any atom is -0.265 e. The van der Waals surface area contributed by atoms with Gasteiger partial charge in [0.25, 0.3) is 0 Å². The van der Waals surface area contributed by atoms with Crippen LogP contribution in [-0.2, 0) is 11.3 Å². The van der Waals surface area contributed by atoms with Crippen LogP contribution in [0, 0.1) is 0 Å². The molecule has 0 atom stereocenters. The van der Waals surface area contributed by atoms with E-state index in [4.69, 9.17) is 0 Å². The molecule has 0 aromatic carbocycles. The topological polar surface area (TPSA) is 42.0 Å². The molecule has 10 heavy (non-hydrogen) atoms. The summed E-state index contributed by atoms with van der Waals surface area (Å²) in [5.74, 6) is 0. The minimum absolute atomic E-state index is 0.520. The van der Waals surface area contributed by atoms with Crippen molar-refractivity contribution in [2.24, 2.45) is 0 Å². The monoisotopic (exact) mass is 135 g/mol. The van der Waals surface area contributed by atoms with Gasteiger partial charge < -0.3 is 0 Å². The van der Waals surface area contributed by atoms with Gasteiger partial charge in [0.2, 0.25) is 0 Å². The molecular formula is C7H7N2O+. The lowest BCUT2D eigenvalue weighted by molar-refractivity contribution is 0.542. The zero-order valence-corrected chi connectivity index (χ0v) is 5.37. The molecule has 50 valence electrons. The summed E-state index contributed by atoms with van der Waals surface area (Å²) in [6, 6.07) is 3.68. The van der Waals surface area contributed by atoms with E-state index in [0.717, 1.165) is 5.56 Å². The number of hydrogen-bond donors (Lipinski definition) is 1. The summed E-state index contributed by atoms with van der Waals surface area (Å²) >= 11 is 0. The quantitative estimate of drug-likeness (QED) is 0.476. The Bertz CT molecular complexity index is 198. The van der Waals surface area contributed by atoms with Gasteiger partial charge in [-0.15, -0.1) is 5.32 Å². The molecule has 1 amide bonds. The van der Waals surface area contributed by atoms with Gasteiger partial charge in [-0.2, -0.15) is 0 Å². The third-order valence-corrected chi connectivity index (χ3v) is 1.11. The van der Waals surface area contributed by atoms with Gasteiger partial charge in [-0.3, -0.25) is 4.98 Å². The van der Waals surface area contributed by atoms with Crippen molar-refractivity contribution in [3.8, 4) is 0 Å². The predicted octanol–water partition coefficient (Wildman–Crippen LogP) is 0.238. The smallest absolute Gasteiger partial charge is 0.265 e. The van der Waals surface area contributed by atoms with Crippen molar-refractivity contribution in [3.63, 3.8) is 0 Å². The average molecular weight is 135 g/mol. The van der Waals surface area contributed by atoms with E-state index >= 15 is 0 Å². The van der Waals surface area contributed by atoms with Crippen molar-refractivity contribution < 1.29 is 4.79 Å². The number of rotatable bonds is 3. The number of amides is 1. The van der Waals surface area contributed by atoms with Crippen LogP contribution in [0.1, 0.15) is 5.56 Å². The van der Waals surface area contributed by atoms with E-state index in [2.05, 4.69) is 10.3 Å². The van der Waals surface area contributed by atoms with Gasteiger partial charge in [-0.1, -0.05) is 0 Å². The normalized spacial score (nSPS) is 8.40. The number of aromatic nitrogens is 1. The van der Waals surface area contributed by atoms with Crippen molar-refractivity contribution in [1.29, 1.82) is 0 Å². The van der Waals surface area contributed by atoms with E-state index < -0.39 is 0 Å². The van der Waals surface area contributed by atoms with Crippen molar-refractivity contribution in [1.82, 2.24) is 10.3 Å². The van der Waals surface area contributed by atoms with Crippen LogP contribution >= 0.6 is 0 Å². The number of nitrogens with zero attached hydrogens (tertiary/aromatic N) is 1. The zero-order valence-electron chi connectivity index (χ0n) is 5.37. The van der Waals surface area contributed by atoms with E-state index in [1.54, 1.807) is 18.8 Å². The molecule has 0 aliphatic heterocycles. The number of carbonyl (C=O) groups excluding carboxylic acids is 1. The van der Waals surface area contributed by atoms with Crippen LogP contribution in [0.4, 0.5) is 0 Å². The number of hydrogen-bond acceptors (Lipinski definition) is 2.